The molecule has 0 fully saturated rings. The molecule has 0 aromatic heterocycles. The van der Waals surface area contributed by atoms with Crippen molar-refractivity contribution in [3.05, 3.63) is 60.2 Å². The van der Waals surface area contributed by atoms with Crippen molar-refractivity contribution in [1.82, 2.24) is 0 Å². The Kier molecular flexibility index (Phi) is 5.09. The van der Waals surface area contributed by atoms with Crippen LogP contribution < -0.4 is 10.1 Å². The molecule has 0 aliphatic rings. The average molecular weight is 295 g/mol. The largest absolute Gasteiger partial charge is 0.573 e. The number of benzene rings is 2. The summed E-state index contributed by atoms with van der Waals surface area (Å²) in [5.74, 6) is -0.212. The Morgan fingerprint density at radius 1 is 0.952 bits per heavy atom. The van der Waals surface area contributed by atoms with Gasteiger partial charge in [-0.15, -0.1) is 13.2 Å². The van der Waals surface area contributed by atoms with E-state index in [2.05, 4.69) is 22.2 Å². The summed E-state index contributed by atoms with van der Waals surface area (Å²) in [6.07, 6.45) is -2.84. The van der Waals surface area contributed by atoms with Gasteiger partial charge in [0.25, 0.3) is 0 Å². The number of anilines is 1. The first-order valence-corrected chi connectivity index (χ1v) is 6.66. The minimum Gasteiger partial charge on any atom is -0.406 e. The van der Waals surface area contributed by atoms with E-state index in [-0.39, 0.29) is 5.75 Å². The first-order valence-electron chi connectivity index (χ1n) is 6.66. The van der Waals surface area contributed by atoms with Gasteiger partial charge in [0.1, 0.15) is 5.75 Å². The zero-order valence-electron chi connectivity index (χ0n) is 11.4. The Bertz CT molecular complexity index is 555. The fourth-order valence-electron chi connectivity index (χ4n) is 1.97. The molecule has 0 aliphatic heterocycles. The SMILES string of the molecule is FC(F)(F)Oc1cccc(NCCCc2ccccc2)c1. The Labute approximate surface area is 121 Å². The van der Waals surface area contributed by atoms with E-state index in [0.29, 0.717) is 12.2 Å². The number of alkyl halides is 3. The number of aryl methyl sites for hydroxylation is 1. The molecule has 0 heterocycles. The van der Waals surface area contributed by atoms with E-state index in [9.17, 15) is 13.2 Å². The van der Waals surface area contributed by atoms with Gasteiger partial charge in [-0.2, -0.15) is 0 Å². The summed E-state index contributed by atoms with van der Waals surface area (Å²) in [5, 5.41) is 3.09. The zero-order valence-corrected chi connectivity index (χ0v) is 11.4. The number of hydrogen-bond acceptors (Lipinski definition) is 2. The number of rotatable bonds is 6. The number of halogens is 3. The van der Waals surface area contributed by atoms with Gasteiger partial charge in [0.05, 0.1) is 0 Å². The van der Waals surface area contributed by atoms with Gasteiger partial charge in [0, 0.05) is 18.3 Å². The van der Waals surface area contributed by atoms with Crippen LogP contribution in [0.2, 0.25) is 0 Å². The summed E-state index contributed by atoms with van der Waals surface area (Å²) >= 11 is 0. The van der Waals surface area contributed by atoms with Crippen molar-refractivity contribution in [3.8, 4) is 5.75 Å². The Balaban J connectivity index is 1.79. The topological polar surface area (TPSA) is 21.3 Å². The van der Waals surface area contributed by atoms with Gasteiger partial charge in [-0.3, -0.25) is 0 Å². The molecule has 0 saturated heterocycles. The summed E-state index contributed by atoms with van der Waals surface area (Å²) in [7, 11) is 0. The highest BCUT2D eigenvalue weighted by molar-refractivity contribution is 5.48. The predicted octanol–water partition coefficient (Wildman–Crippen LogP) is 4.63. The molecule has 0 saturated carbocycles. The van der Waals surface area contributed by atoms with E-state index in [1.54, 1.807) is 6.07 Å². The summed E-state index contributed by atoms with van der Waals surface area (Å²) in [5.41, 5.74) is 1.86. The van der Waals surface area contributed by atoms with E-state index in [4.69, 9.17) is 0 Å². The Hall–Kier alpha value is -2.17. The normalized spacial score (nSPS) is 11.2. The fraction of sp³-hybridized carbons (Fsp3) is 0.250. The van der Waals surface area contributed by atoms with Crippen LogP contribution >= 0.6 is 0 Å². The van der Waals surface area contributed by atoms with E-state index in [1.807, 2.05) is 18.2 Å². The molecule has 0 bridgehead atoms. The molecule has 112 valence electrons. The minimum absolute atomic E-state index is 0.212. The molecule has 21 heavy (non-hydrogen) atoms. The lowest BCUT2D eigenvalue weighted by Gasteiger charge is -2.11. The first kappa shape index (κ1) is 15.2. The maximum Gasteiger partial charge on any atom is 0.573 e. The van der Waals surface area contributed by atoms with Gasteiger partial charge in [-0.25, -0.2) is 0 Å². The number of hydrogen-bond donors (Lipinski definition) is 1. The molecule has 5 heteroatoms. The van der Waals surface area contributed by atoms with Crippen molar-refractivity contribution in [2.75, 3.05) is 11.9 Å². The third-order valence-corrected chi connectivity index (χ3v) is 2.88. The monoisotopic (exact) mass is 295 g/mol. The lowest BCUT2D eigenvalue weighted by atomic mass is 10.1. The van der Waals surface area contributed by atoms with Crippen molar-refractivity contribution in [2.24, 2.45) is 0 Å². The van der Waals surface area contributed by atoms with Crippen LogP contribution in [-0.2, 0) is 6.42 Å². The van der Waals surface area contributed by atoms with Crippen LogP contribution in [0.4, 0.5) is 18.9 Å². The second kappa shape index (κ2) is 7.02. The van der Waals surface area contributed by atoms with E-state index in [0.717, 1.165) is 12.8 Å². The average Bonchev–Trinajstić information content (AvgIpc) is 2.43. The molecule has 0 spiro atoms. The van der Waals surface area contributed by atoms with Crippen molar-refractivity contribution < 1.29 is 17.9 Å². The third-order valence-electron chi connectivity index (χ3n) is 2.88. The molecule has 2 aromatic rings. The first-order chi connectivity index (χ1) is 10.0. The number of ether oxygens (including phenoxy) is 1. The van der Waals surface area contributed by atoms with Crippen LogP contribution in [-0.4, -0.2) is 12.9 Å². The van der Waals surface area contributed by atoms with Gasteiger partial charge in [-0.05, 0) is 30.5 Å². The smallest absolute Gasteiger partial charge is 0.406 e. The molecule has 0 unspecified atom stereocenters. The minimum atomic E-state index is -4.66. The van der Waals surface area contributed by atoms with Crippen molar-refractivity contribution in [1.29, 1.82) is 0 Å². The molecule has 2 nitrogen and oxygen atoms in total. The molecule has 0 amide bonds. The summed E-state index contributed by atoms with van der Waals surface area (Å²) in [6, 6.07) is 15.9. The maximum atomic E-state index is 12.1. The molecule has 0 aliphatic carbocycles. The molecular formula is C16H16F3NO. The highest BCUT2D eigenvalue weighted by Gasteiger charge is 2.31. The Morgan fingerprint density at radius 2 is 1.71 bits per heavy atom. The van der Waals surface area contributed by atoms with Crippen molar-refractivity contribution >= 4 is 5.69 Å². The standard InChI is InChI=1S/C16H16F3NO/c17-16(18,19)21-15-10-4-9-14(12-15)20-11-5-8-13-6-2-1-3-7-13/h1-4,6-7,9-10,12,20H,5,8,11H2. The summed E-state index contributed by atoms with van der Waals surface area (Å²) in [6.45, 7) is 0.685. The maximum absolute atomic E-state index is 12.1. The molecule has 0 atom stereocenters. The molecule has 2 rings (SSSR count). The fourth-order valence-corrected chi connectivity index (χ4v) is 1.97. The predicted molar refractivity (Wildman–Crippen MR) is 76.4 cm³/mol. The number of nitrogens with one attached hydrogen (secondary N) is 1. The van der Waals surface area contributed by atoms with Gasteiger partial charge in [0.15, 0.2) is 0 Å². The highest BCUT2D eigenvalue weighted by atomic mass is 19.4. The second-order valence-electron chi connectivity index (χ2n) is 4.59. The second-order valence-corrected chi connectivity index (χ2v) is 4.59. The van der Waals surface area contributed by atoms with Gasteiger partial charge >= 0.3 is 6.36 Å². The van der Waals surface area contributed by atoms with Crippen LogP contribution in [0.15, 0.2) is 54.6 Å². The van der Waals surface area contributed by atoms with Crippen LogP contribution in [0.25, 0.3) is 0 Å². The lowest BCUT2D eigenvalue weighted by Crippen LogP contribution is -2.17. The van der Waals surface area contributed by atoms with E-state index >= 15 is 0 Å². The van der Waals surface area contributed by atoms with Gasteiger partial charge in [0.2, 0.25) is 0 Å². The summed E-state index contributed by atoms with van der Waals surface area (Å²) in [4.78, 5) is 0. The van der Waals surface area contributed by atoms with Gasteiger partial charge < -0.3 is 10.1 Å². The van der Waals surface area contributed by atoms with E-state index in [1.165, 1.54) is 23.8 Å². The van der Waals surface area contributed by atoms with Crippen molar-refractivity contribution in [3.63, 3.8) is 0 Å². The summed E-state index contributed by atoms with van der Waals surface area (Å²) < 4.78 is 40.3. The third kappa shape index (κ3) is 5.77. The van der Waals surface area contributed by atoms with Crippen LogP contribution in [0.1, 0.15) is 12.0 Å². The highest BCUT2D eigenvalue weighted by Crippen LogP contribution is 2.24. The molecule has 1 N–H and O–H groups in total. The van der Waals surface area contributed by atoms with Crippen LogP contribution in [0.5, 0.6) is 5.75 Å². The lowest BCUT2D eigenvalue weighted by molar-refractivity contribution is -0.274. The van der Waals surface area contributed by atoms with Crippen molar-refractivity contribution in [2.45, 2.75) is 19.2 Å². The van der Waals surface area contributed by atoms with Gasteiger partial charge in [-0.1, -0.05) is 36.4 Å². The molecule has 2 aromatic carbocycles. The Morgan fingerprint density at radius 3 is 2.43 bits per heavy atom. The van der Waals surface area contributed by atoms with Crippen LogP contribution in [0, 0.1) is 0 Å². The van der Waals surface area contributed by atoms with Crippen LogP contribution in [0.3, 0.4) is 0 Å². The quantitative estimate of drug-likeness (QED) is 0.784. The molecule has 0 radical (unpaired) electrons. The molecular weight excluding hydrogens is 279 g/mol. The van der Waals surface area contributed by atoms with E-state index < -0.39 is 6.36 Å². The zero-order chi connectivity index (χ0) is 15.1.